The summed E-state index contributed by atoms with van der Waals surface area (Å²) in [4.78, 5) is 17.4. The van der Waals surface area contributed by atoms with Gasteiger partial charge in [-0.3, -0.25) is 4.79 Å². The first-order chi connectivity index (χ1) is 12.2. The van der Waals surface area contributed by atoms with Crippen LogP contribution in [0.25, 0.3) is 0 Å². The minimum Gasteiger partial charge on any atom is -0.495 e. The first-order valence-electron chi connectivity index (χ1n) is 8.21. The zero-order valence-electron chi connectivity index (χ0n) is 14.2. The van der Waals surface area contributed by atoms with Gasteiger partial charge in [-0.25, -0.2) is 4.39 Å². The van der Waals surface area contributed by atoms with Gasteiger partial charge in [0.25, 0.3) is 0 Å². The quantitative estimate of drug-likeness (QED) is 0.766. The maximum atomic E-state index is 12.9. The van der Waals surface area contributed by atoms with E-state index >= 15 is 0 Å². The van der Waals surface area contributed by atoms with Crippen LogP contribution in [0.1, 0.15) is 0 Å². The number of piperazine rings is 1. The van der Waals surface area contributed by atoms with Gasteiger partial charge in [0.15, 0.2) is 0 Å². The molecule has 132 valence electrons. The number of anilines is 1. The van der Waals surface area contributed by atoms with Crippen molar-refractivity contribution in [2.45, 2.75) is 4.90 Å². The van der Waals surface area contributed by atoms with Gasteiger partial charge in [-0.2, -0.15) is 0 Å². The van der Waals surface area contributed by atoms with E-state index < -0.39 is 0 Å². The number of carbonyl (C=O) groups is 1. The van der Waals surface area contributed by atoms with Crippen molar-refractivity contribution in [3.63, 3.8) is 0 Å². The standard InChI is InChI=1S/C19H21FN2O2S/c1-24-18-5-3-2-4-17(18)21-10-12-22(13-11-21)19(23)14-25-16-8-6-15(20)7-9-16/h2-9H,10-14H2,1H3. The Balaban J connectivity index is 1.51. The van der Waals surface area contributed by atoms with Gasteiger partial charge in [0.2, 0.25) is 5.91 Å². The Hall–Kier alpha value is -2.21. The van der Waals surface area contributed by atoms with Crippen molar-refractivity contribution in [2.24, 2.45) is 0 Å². The van der Waals surface area contributed by atoms with Crippen molar-refractivity contribution in [3.05, 3.63) is 54.3 Å². The molecule has 3 rings (SSSR count). The van der Waals surface area contributed by atoms with Crippen molar-refractivity contribution < 1.29 is 13.9 Å². The average Bonchev–Trinajstić information content (AvgIpc) is 2.67. The summed E-state index contributed by atoms with van der Waals surface area (Å²) in [5, 5.41) is 0. The van der Waals surface area contributed by atoms with Crippen LogP contribution >= 0.6 is 11.8 Å². The molecule has 0 aliphatic carbocycles. The highest BCUT2D eigenvalue weighted by atomic mass is 32.2. The first-order valence-corrected chi connectivity index (χ1v) is 9.20. The highest BCUT2D eigenvalue weighted by Gasteiger charge is 2.22. The summed E-state index contributed by atoms with van der Waals surface area (Å²) < 4.78 is 18.3. The van der Waals surface area contributed by atoms with Gasteiger partial charge in [0, 0.05) is 31.1 Å². The first kappa shape index (κ1) is 17.6. The highest BCUT2D eigenvalue weighted by molar-refractivity contribution is 8.00. The molecule has 0 N–H and O–H groups in total. The molecule has 2 aromatic carbocycles. The fraction of sp³-hybridized carbons (Fsp3) is 0.316. The summed E-state index contributed by atoms with van der Waals surface area (Å²) in [5.74, 6) is 1.09. The van der Waals surface area contributed by atoms with Crippen LogP contribution in [-0.2, 0) is 4.79 Å². The van der Waals surface area contributed by atoms with Crippen LogP contribution in [0.2, 0.25) is 0 Å². The zero-order chi connectivity index (χ0) is 17.6. The van der Waals surface area contributed by atoms with E-state index in [9.17, 15) is 9.18 Å². The molecule has 0 spiro atoms. The molecule has 1 aliphatic rings. The Morgan fingerprint density at radius 1 is 1.08 bits per heavy atom. The summed E-state index contributed by atoms with van der Waals surface area (Å²) in [6, 6.07) is 14.2. The van der Waals surface area contributed by atoms with Gasteiger partial charge in [-0.1, -0.05) is 12.1 Å². The van der Waals surface area contributed by atoms with Gasteiger partial charge < -0.3 is 14.5 Å². The number of hydrogen-bond acceptors (Lipinski definition) is 4. The number of rotatable bonds is 5. The second-order valence-electron chi connectivity index (χ2n) is 5.78. The van der Waals surface area contributed by atoms with Crippen LogP contribution in [0.15, 0.2) is 53.4 Å². The van der Waals surface area contributed by atoms with Crippen LogP contribution in [0.3, 0.4) is 0 Å². The number of nitrogens with zero attached hydrogens (tertiary/aromatic N) is 2. The fourth-order valence-electron chi connectivity index (χ4n) is 2.85. The number of methoxy groups -OCH3 is 1. The number of thioether (sulfide) groups is 1. The largest absolute Gasteiger partial charge is 0.495 e. The number of amides is 1. The molecule has 6 heteroatoms. The number of benzene rings is 2. The van der Waals surface area contributed by atoms with E-state index in [0.717, 1.165) is 29.4 Å². The van der Waals surface area contributed by atoms with Gasteiger partial charge in [0.05, 0.1) is 18.6 Å². The minimum absolute atomic E-state index is 0.119. The molecular formula is C19H21FN2O2S. The average molecular weight is 360 g/mol. The Kier molecular flexibility index (Phi) is 5.81. The smallest absolute Gasteiger partial charge is 0.233 e. The Bertz CT molecular complexity index is 716. The summed E-state index contributed by atoms with van der Waals surface area (Å²) in [7, 11) is 1.67. The van der Waals surface area contributed by atoms with Crippen LogP contribution in [0.4, 0.5) is 10.1 Å². The molecule has 1 fully saturated rings. The number of ether oxygens (including phenoxy) is 1. The van der Waals surface area contributed by atoms with E-state index in [1.54, 1.807) is 19.2 Å². The monoisotopic (exact) mass is 360 g/mol. The highest BCUT2D eigenvalue weighted by Crippen LogP contribution is 2.28. The molecule has 25 heavy (non-hydrogen) atoms. The number of halogens is 1. The predicted octanol–water partition coefficient (Wildman–Crippen LogP) is 3.28. The van der Waals surface area contributed by atoms with Crippen LogP contribution in [0.5, 0.6) is 5.75 Å². The molecule has 0 aromatic heterocycles. The molecule has 2 aromatic rings. The Morgan fingerprint density at radius 2 is 1.76 bits per heavy atom. The molecule has 1 aliphatic heterocycles. The maximum Gasteiger partial charge on any atom is 0.233 e. The van der Waals surface area contributed by atoms with Gasteiger partial charge in [-0.05, 0) is 36.4 Å². The second-order valence-corrected chi connectivity index (χ2v) is 6.83. The normalized spacial score (nSPS) is 14.5. The third-order valence-electron chi connectivity index (χ3n) is 4.23. The van der Waals surface area contributed by atoms with Gasteiger partial charge in [0.1, 0.15) is 11.6 Å². The zero-order valence-corrected chi connectivity index (χ0v) is 15.0. The van der Waals surface area contributed by atoms with E-state index in [1.807, 2.05) is 29.2 Å². The van der Waals surface area contributed by atoms with E-state index in [-0.39, 0.29) is 11.7 Å². The van der Waals surface area contributed by atoms with E-state index in [0.29, 0.717) is 18.8 Å². The second kappa shape index (κ2) is 8.25. The summed E-state index contributed by atoms with van der Waals surface area (Å²) in [6.45, 7) is 2.96. The number of hydrogen-bond donors (Lipinski definition) is 0. The number of carbonyl (C=O) groups excluding carboxylic acids is 1. The van der Waals surface area contributed by atoms with E-state index in [1.165, 1.54) is 23.9 Å². The maximum absolute atomic E-state index is 12.9. The van der Waals surface area contributed by atoms with Crippen LogP contribution < -0.4 is 9.64 Å². The third-order valence-corrected chi connectivity index (χ3v) is 5.23. The molecule has 0 bridgehead atoms. The van der Waals surface area contributed by atoms with Gasteiger partial charge in [-0.15, -0.1) is 11.8 Å². The topological polar surface area (TPSA) is 32.8 Å². The lowest BCUT2D eigenvalue weighted by Gasteiger charge is -2.36. The van der Waals surface area contributed by atoms with Crippen LogP contribution in [0, 0.1) is 5.82 Å². The summed E-state index contributed by atoms with van der Waals surface area (Å²) in [6.07, 6.45) is 0. The van der Waals surface area contributed by atoms with Crippen molar-refractivity contribution in [3.8, 4) is 5.75 Å². The Morgan fingerprint density at radius 3 is 2.44 bits per heavy atom. The van der Waals surface area contributed by atoms with Crippen LogP contribution in [-0.4, -0.2) is 49.8 Å². The summed E-state index contributed by atoms with van der Waals surface area (Å²) in [5.41, 5.74) is 1.07. The minimum atomic E-state index is -0.261. The van der Waals surface area contributed by atoms with Crippen molar-refractivity contribution in [1.82, 2.24) is 4.90 Å². The molecule has 0 radical (unpaired) electrons. The lowest BCUT2D eigenvalue weighted by atomic mass is 10.2. The molecule has 1 heterocycles. The molecule has 0 saturated carbocycles. The lowest BCUT2D eigenvalue weighted by molar-refractivity contribution is -0.128. The molecule has 1 saturated heterocycles. The molecular weight excluding hydrogens is 339 g/mol. The SMILES string of the molecule is COc1ccccc1N1CCN(C(=O)CSc2ccc(F)cc2)CC1. The van der Waals surface area contributed by atoms with Gasteiger partial charge >= 0.3 is 0 Å². The van der Waals surface area contributed by atoms with E-state index in [2.05, 4.69) is 4.90 Å². The Labute approximate surface area is 151 Å². The van der Waals surface area contributed by atoms with E-state index in [4.69, 9.17) is 4.74 Å². The lowest BCUT2D eigenvalue weighted by Crippen LogP contribution is -2.49. The molecule has 0 unspecified atom stereocenters. The van der Waals surface area contributed by atoms with Crippen molar-refractivity contribution in [2.75, 3.05) is 43.9 Å². The predicted molar refractivity (Wildman–Crippen MR) is 98.9 cm³/mol. The molecule has 1 amide bonds. The third kappa shape index (κ3) is 4.45. The molecule has 4 nitrogen and oxygen atoms in total. The summed E-state index contributed by atoms with van der Waals surface area (Å²) >= 11 is 1.44. The fourth-order valence-corrected chi connectivity index (χ4v) is 3.66. The van der Waals surface area contributed by atoms with Crippen molar-refractivity contribution in [1.29, 1.82) is 0 Å². The number of para-hydroxylation sites is 2. The molecule has 0 atom stereocenters. The van der Waals surface area contributed by atoms with Crippen molar-refractivity contribution >= 4 is 23.4 Å².